The molecular formula is C14H13BrN2O2. The molecule has 0 N–H and O–H groups in total. The number of nitrogens with zero attached hydrogens (tertiary/aromatic N) is 2. The molecule has 19 heavy (non-hydrogen) atoms. The number of hydrogen-bond donors (Lipinski definition) is 0. The Hall–Kier alpha value is -1.62. The number of hydrogen-bond acceptors (Lipinski definition) is 3. The first-order chi connectivity index (χ1) is 9.09. The number of aryl methyl sites for hydroxylation is 2. The molecule has 3 rings (SSSR count). The van der Waals surface area contributed by atoms with Crippen LogP contribution in [0.5, 0.6) is 5.88 Å². The van der Waals surface area contributed by atoms with Gasteiger partial charge in [-0.25, -0.2) is 4.68 Å². The van der Waals surface area contributed by atoms with Crippen molar-refractivity contribution in [3.8, 4) is 5.88 Å². The van der Waals surface area contributed by atoms with Crippen molar-refractivity contribution >= 4 is 21.7 Å². The monoisotopic (exact) mass is 320 g/mol. The number of ether oxygens (including phenoxy) is 1. The fourth-order valence-corrected chi connectivity index (χ4v) is 3.03. The molecule has 2 heterocycles. The molecule has 5 heteroatoms. The Balaban J connectivity index is 2.08. The van der Waals surface area contributed by atoms with Crippen LogP contribution in [0.3, 0.4) is 0 Å². The first kappa shape index (κ1) is 12.4. The smallest absolute Gasteiger partial charge is 0.223 e. The Kier molecular flexibility index (Phi) is 2.93. The van der Waals surface area contributed by atoms with E-state index in [1.807, 2.05) is 37.3 Å². The van der Waals surface area contributed by atoms with Gasteiger partial charge in [-0.2, -0.15) is 5.10 Å². The van der Waals surface area contributed by atoms with Gasteiger partial charge in [-0.15, -0.1) is 0 Å². The molecule has 0 fully saturated rings. The minimum absolute atomic E-state index is 0.0284. The average Bonchev–Trinajstić information content (AvgIpc) is 2.70. The van der Waals surface area contributed by atoms with Gasteiger partial charge in [0.15, 0.2) is 5.78 Å². The molecule has 0 bridgehead atoms. The summed E-state index contributed by atoms with van der Waals surface area (Å²) in [5.74, 6) is 0.577. The minimum atomic E-state index is -0.384. The molecule has 0 saturated carbocycles. The third-order valence-corrected chi connectivity index (χ3v) is 4.19. The van der Waals surface area contributed by atoms with E-state index >= 15 is 0 Å². The number of alkyl halides is 1. The van der Waals surface area contributed by atoms with Crippen LogP contribution < -0.4 is 4.74 Å². The molecule has 0 spiro atoms. The summed E-state index contributed by atoms with van der Waals surface area (Å²) in [5, 5.41) is 4.26. The van der Waals surface area contributed by atoms with Gasteiger partial charge in [0.1, 0.15) is 16.5 Å². The Morgan fingerprint density at radius 2 is 2.00 bits per heavy atom. The van der Waals surface area contributed by atoms with Gasteiger partial charge in [0, 0.05) is 7.05 Å². The van der Waals surface area contributed by atoms with Crippen molar-refractivity contribution in [2.24, 2.45) is 7.05 Å². The Morgan fingerprint density at radius 3 is 2.68 bits per heavy atom. The van der Waals surface area contributed by atoms with E-state index in [0.717, 1.165) is 5.56 Å². The highest BCUT2D eigenvalue weighted by molar-refractivity contribution is 9.10. The van der Waals surface area contributed by atoms with Gasteiger partial charge in [0.2, 0.25) is 5.88 Å². The third kappa shape index (κ3) is 1.89. The van der Waals surface area contributed by atoms with Crippen LogP contribution in [0.15, 0.2) is 30.3 Å². The van der Waals surface area contributed by atoms with Crippen LogP contribution in [0.4, 0.5) is 0 Å². The van der Waals surface area contributed by atoms with Crippen molar-refractivity contribution < 1.29 is 9.53 Å². The van der Waals surface area contributed by atoms with E-state index in [0.29, 0.717) is 17.1 Å². The summed E-state index contributed by atoms with van der Waals surface area (Å²) in [4.78, 5) is 12.1. The first-order valence-corrected chi connectivity index (χ1v) is 6.94. The van der Waals surface area contributed by atoms with Crippen molar-refractivity contribution in [1.29, 1.82) is 0 Å². The maximum Gasteiger partial charge on any atom is 0.223 e. The van der Waals surface area contributed by atoms with Gasteiger partial charge < -0.3 is 4.74 Å². The first-order valence-electron chi connectivity index (χ1n) is 6.03. The van der Waals surface area contributed by atoms with E-state index in [1.54, 1.807) is 11.7 Å². The van der Waals surface area contributed by atoms with Gasteiger partial charge in [-0.1, -0.05) is 46.3 Å². The van der Waals surface area contributed by atoms with Crippen LogP contribution in [-0.2, 0) is 7.05 Å². The van der Waals surface area contributed by atoms with Crippen LogP contribution in [0, 0.1) is 6.92 Å². The molecule has 2 unspecified atom stereocenters. The fraction of sp³-hybridized carbons (Fsp3) is 0.286. The molecule has 4 nitrogen and oxygen atoms in total. The summed E-state index contributed by atoms with van der Waals surface area (Å²) in [6.07, 6.45) is -0.323. The molecule has 98 valence electrons. The Labute approximate surface area is 119 Å². The van der Waals surface area contributed by atoms with E-state index in [-0.39, 0.29) is 16.7 Å². The second-order valence-corrected chi connectivity index (χ2v) is 5.59. The molecule has 1 aromatic carbocycles. The largest absolute Gasteiger partial charge is 0.467 e. The van der Waals surface area contributed by atoms with Crippen molar-refractivity contribution in [3.63, 3.8) is 0 Å². The van der Waals surface area contributed by atoms with Crippen molar-refractivity contribution in [1.82, 2.24) is 9.78 Å². The number of Topliss-reactive ketones (excluding diaryl/α,β-unsaturated/α-hetero) is 1. The number of aromatic nitrogens is 2. The van der Waals surface area contributed by atoms with Crippen molar-refractivity contribution in [2.75, 3.05) is 0 Å². The van der Waals surface area contributed by atoms with Crippen molar-refractivity contribution in [2.45, 2.75) is 17.9 Å². The summed E-state index contributed by atoms with van der Waals surface area (Å²) in [7, 11) is 1.79. The highest BCUT2D eigenvalue weighted by atomic mass is 79.9. The number of carbonyl (C=O) groups excluding carboxylic acids is 1. The lowest BCUT2D eigenvalue weighted by Gasteiger charge is -2.28. The van der Waals surface area contributed by atoms with Gasteiger partial charge in [0.25, 0.3) is 0 Å². The van der Waals surface area contributed by atoms with E-state index in [2.05, 4.69) is 21.0 Å². The normalized spacial score (nSPS) is 21.9. The quantitative estimate of drug-likeness (QED) is 0.759. The molecule has 1 aromatic heterocycles. The zero-order valence-corrected chi connectivity index (χ0v) is 12.2. The lowest BCUT2D eigenvalue weighted by Crippen LogP contribution is -2.32. The summed E-state index contributed by atoms with van der Waals surface area (Å²) in [6.45, 7) is 1.82. The zero-order valence-electron chi connectivity index (χ0n) is 10.6. The number of halogens is 1. The lowest BCUT2D eigenvalue weighted by atomic mass is 9.97. The third-order valence-electron chi connectivity index (χ3n) is 3.30. The second-order valence-electron chi connectivity index (χ2n) is 4.60. The predicted molar refractivity (Wildman–Crippen MR) is 74.8 cm³/mol. The van der Waals surface area contributed by atoms with Crippen LogP contribution in [-0.4, -0.2) is 20.4 Å². The Morgan fingerprint density at radius 1 is 1.32 bits per heavy atom. The minimum Gasteiger partial charge on any atom is -0.467 e. The highest BCUT2D eigenvalue weighted by Crippen LogP contribution is 2.39. The average molecular weight is 321 g/mol. The number of ketones is 1. The van der Waals surface area contributed by atoms with Crippen LogP contribution in [0.2, 0.25) is 0 Å². The van der Waals surface area contributed by atoms with Crippen LogP contribution in [0.1, 0.15) is 27.7 Å². The maximum absolute atomic E-state index is 12.5. The summed E-state index contributed by atoms with van der Waals surface area (Å²) >= 11 is 3.46. The molecular weight excluding hydrogens is 308 g/mol. The predicted octanol–water partition coefficient (Wildman–Crippen LogP) is 2.81. The fourth-order valence-electron chi connectivity index (χ4n) is 2.39. The van der Waals surface area contributed by atoms with Crippen LogP contribution in [0.25, 0.3) is 0 Å². The molecule has 2 aromatic rings. The van der Waals surface area contributed by atoms with Crippen molar-refractivity contribution in [3.05, 3.63) is 47.2 Å². The van der Waals surface area contributed by atoms with Gasteiger partial charge in [-0.05, 0) is 12.5 Å². The molecule has 0 saturated heterocycles. The van der Waals surface area contributed by atoms with E-state index in [9.17, 15) is 4.79 Å². The molecule has 1 aliphatic heterocycles. The summed E-state index contributed by atoms with van der Waals surface area (Å²) in [5.41, 5.74) is 2.26. The molecule has 1 aliphatic rings. The molecule has 0 aliphatic carbocycles. The molecule has 0 radical (unpaired) electrons. The zero-order chi connectivity index (χ0) is 13.6. The van der Waals surface area contributed by atoms with Gasteiger partial charge >= 0.3 is 0 Å². The van der Waals surface area contributed by atoms with E-state index in [1.165, 1.54) is 0 Å². The van der Waals surface area contributed by atoms with E-state index < -0.39 is 0 Å². The highest BCUT2D eigenvalue weighted by Gasteiger charge is 2.39. The second kappa shape index (κ2) is 4.49. The SMILES string of the molecule is Cc1nn(C)c2c1C(=O)C(Br)C(c1ccccc1)O2. The topological polar surface area (TPSA) is 44.1 Å². The molecule has 0 amide bonds. The maximum atomic E-state index is 12.5. The number of benzene rings is 1. The number of rotatable bonds is 1. The Bertz CT molecular complexity index is 636. The number of fused-ring (bicyclic) bond motifs is 1. The van der Waals surface area contributed by atoms with Crippen LogP contribution >= 0.6 is 15.9 Å². The summed E-state index contributed by atoms with van der Waals surface area (Å²) < 4.78 is 7.61. The van der Waals surface area contributed by atoms with E-state index in [4.69, 9.17) is 4.74 Å². The standard InChI is InChI=1S/C14H13BrN2O2/c1-8-10-12(18)11(15)13(9-6-4-3-5-7-9)19-14(10)17(2)16-8/h3-7,11,13H,1-2H3. The van der Waals surface area contributed by atoms with Gasteiger partial charge in [-0.3, -0.25) is 4.79 Å². The summed E-state index contributed by atoms with van der Waals surface area (Å²) in [6, 6.07) is 9.73. The molecule has 2 atom stereocenters. The number of carbonyl (C=O) groups is 1. The lowest BCUT2D eigenvalue weighted by molar-refractivity contribution is 0.0857. The van der Waals surface area contributed by atoms with Gasteiger partial charge in [0.05, 0.1) is 5.69 Å².